The molecule has 1 aliphatic carbocycles. The van der Waals surface area contributed by atoms with Gasteiger partial charge in [0.1, 0.15) is 0 Å². The van der Waals surface area contributed by atoms with Gasteiger partial charge in [-0.25, -0.2) is 8.78 Å². The van der Waals surface area contributed by atoms with Gasteiger partial charge in [0.25, 0.3) is 0 Å². The second-order valence-corrected chi connectivity index (χ2v) is 8.21. The van der Waals surface area contributed by atoms with Crippen molar-refractivity contribution in [2.24, 2.45) is 0 Å². The predicted octanol–water partition coefficient (Wildman–Crippen LogP) is 3.70. The summed E-state index contributed by atoms with van der Waals surface area (Å²) < 4.78 is 27.3. The van der Waals surface area contributed by atoms with Crippen LogP contribution in [0.3, 0.4) is 0 Å². The zero-order valence-corrected chi connectivity index (χ0v) is 16.1. The Morgan fingerprint density at radius 3 is 2.35 bits per heavy atom. The highest BCUT2D eigenvalue weighted by Crippen LogP contribution is 2.24. The number of nitrogens with one attached hydrogen (secondary N) is 1. The monoisotopic (exact) mass is 365 g/mol. The molecular weight excluding hydrogens is 336 g/mol. The second kappa shape index (κ2) is 7.95. The molecule has 0 aromatic heterocycles. The third kappa shape index (κ3) is 5.70. The number of aryl methyl sites for hydroxylation is 2. The summed E-state index contributed by atoms with van der Waals surface area (Å²) in [5.41, 5.74) is -0.141. The number of halogens is 2. The summed E-state index contributed by atoms with van der Waals surface area (Å²) in [5.74, 6) is -0.827. The molecule has 2 rings (SSSR count). The van der Waals surface area contributed by atoms with Crippen molar-refractivity contribution in [2.45, 2.75) is 77.2 Å². The zero-order valence-electron chi connectivity index (χ0n) is 16.1. The molecular formula is C21H29F2NO2. The molecule has 0 fully saturated rings. The number of hydrogen-bond donors (Lipinski definition) is 1. The van der Waals surface area contributed by atoms with E-state index in [1.807, 2.05) is 6.07 Å². The maximum Gasteiger partial charge on any atom is 0.183 e. The molecule has 5 heteroatoms. The van der Waals surface area contributed by atoms with Crippen molar-refractivity contribution >= 4 is 11.6 Å². The normalized spacial score (nSPS) is 17.7. The summed E-state index contributed by atoms with van der Waals surface area (Å²) in [7, 11) is 0. The fourth-order valence-corrected chi connectivity index (χ4v) is 3.14. The van der Waals surface area contributed by atoms with Crippen LogP contribution in [-0.4, -0.2) is 35.5 Å². The number of hydrogen-bond acceptors (Lipinski definition) is 3. The van der Waals surface area contributed by atoms with E-state index in [0.717, 1.165) is 24.8 Å². The van der Waals surface area contributed by atoms with Crippen LogP contribution in [0.2, 0.25) is 0 Å². The standard InChI is InChI=1S/C21H29F2NO2/c1-20(2,22)18(25)10-6-14-5-7-15-8-9-17(12-16(15)11-14)24-13-19(26)21(3,4)23/h5,7,11,17,24H,6,8-10,12-13H2,1-4H3. The number of benzene rings is 1. The van der Waals surface area contributed by atoms with E-state index in [2.05, 4.69) is 17.4 Å². The molecule has 1 atom stereocenters. The lowest BCUT2D eigenvalue weighted by molar-refractivity contribution is -0.128. The third-order valence-corrected chi connectivity index (χ3v) is 5.02. The molecule has 1 aromatic carbocycles. The third-order valence-electron chi connectivity index (χ3n) is 5.02. The van der Waals surface area contributed by atoms with E-state index in [0.29, 0.717) is 6.42 Å². The topological polar surface area (TPSA) is 46.2 Å². The van der Waals surface area contributed by atoms with E-state index >= 15 is 0 Å². The quantitative estimate of drug-likeness (QED) is 0.764. The van der Waals surface area contributed by atoms with Crippen LogP contribution in [0.1, 0.15) is 57.2 Å². The Morgan fingerprint density at radius 1 is 1.08 bits per heavy atom. The molecule has 0 heterocycles. The van der Waals surface area contributed by atoms with E-state index < -0.39 is 17.1 Å². The average Bonchev–Trinajstić information content (AvgIpc) is 2.55. The van der Waals surface area contributed by atoms with Crippen LogP contribution in [0.25, 0.3) is 0 Å². The lowest BCUT2D eigenvalue weighted by atomic mass is 9.86. The van der Waals surface area contributed by atoms with E-state index in [-0.39, 0.29) is 24.8 Å². The van der Waals surface area contributed by atoms with Crippen molar-refractivity contribution in [3.05, 3.63) is 34.9 Å². The molecule has 26 heavy (non-hydrogen) atoms. The zero-order chi connectivity index (χ0) is 19.5. The Hall–Kier alpha value is -1.62. The maximum atomic E-state index is 13.6. The van der Waals surface area contributed by atoms with Crippen molar-refractivity contribution in [3.63, 3.8) is 0 Å². The average molecular weight is 365 g/mol. The van der Waals surface area contributed by atoms with Crippen LogP contribution in [0.15, 0.2) is 18.2 Å². The highest BCUT2D eigenvalue weighted by molar-refractivity contribution is 5.88. The SMILES string of the molecule is CC(C)(F)C(=O)CCc1ccc2c(c1)CC(NCC(=O)C(C)(C)F)CC2. The van der Waals surface area contributed by atoms with Gasteiger partial charge < -0.3 is 5.32 Å². The van der Waals surface area contributed by atoms with Gasteiger partial charge in [-0.05, 0) is 70.1 Å². The van der Waals surface area contributed by atoms with Gasteiger partial charge in [0.15, 0.2) is 22.9 Å². The van der Waals surface area contributed by atoms with Gasteiger partial charge in [-0.15, -0.1) is 0 Å². The molecule has 1 aromatic rings. The summed E-state index contributed by atoms with van der Waals surface area (Å²) in [6.07, 6.45) is 3.28. The number of rotatable bonds is 8. The molecule has 0 amide bonds. The minimum Gasteiger partial charge on any atom is -0.307 e. The molecule has 144 valence electrons. The Labute approximate surface area is 154 Å². The molecule has 0 bridgehead atoms. The van der Waals surface area contributed by atoms with Crippen molar-refractivity contribution in [2.75, 3.05) is 6.54 Å². The van der Waals surface area contributed by atoms with Gasteiger partial charge in [0, 0.05) is 12.5 Å². The molecule has 1 N–H and O–H groups in total. The van der Waals surface area contributed by atoms with Crippen molar-refractivity contribution in [3.8, 4) is 0 Å². The van der Waals surface area contributed by atoms with Crippen molar-refractivity contribution in [1.82, 2.24) is 5.32 Å². The molecule has 0 spiro atoms. The molecule has 0 saturated heterocycles. The van der Waals surface area contributed by atoms with Crippen molar-refractivity contribution < 1.29 is 18.4 Å². The fraction of sp³-hybridized carbons (Fsp3) is 0.619. The summed E-state index contributed by atoms with van der Waals surface area (Å²) in [4.78, 5) is 23.5. The minimum atomic E-state index is -1.82. The largest absolute Gasteiger partial charge is 0.307 e. The van der Waals surface area contributed by atoms with E-state index in [1.54, 1.807) is 0 Å². The lowest BCUT2D eigenvalue weighted by Gasteiger charge is -2.26. The summed E-state index contributed by atoms with van der Waals surface area (Å²) in [6.45, 7) is 5.17. The highest BCUT2D eigenvalue weighted by atomic mass is 19.1. The smallest absolute Gasteiger partial charge is 0.183 e. The Kier molecular flexibility index (Phi) is 6.33. The number of Topliss-reactive ketones (excluding diaryl/α,β-unsaturated/α-hetero) is 2. The molecule has 3 nitrogen and oxygen atoms in total. The first-order chi connectivity index (χ1) is 12.0. The Balaban J connectivity index is 1.95. The van der Waals surface area contributed by atoms with Gasteiger partial charge in [0.05, 0.1) is 6.54 Å². The first-order valence-corrected chi connectivity index (χ1v) is 9.25. The Bertz CT molecular complexity index is 672. The second-order valence-electron chi connectivity index (χ2n) is 8.21. The highest BCUT2D eigenvalue weighted by Gasteiger charge is 2.28. The predicted molar refractivity (Wildman–Crippen MR) is 99.0 cm³/mol. The molecule has 1 aliphatic rings. The lowest BCUT2D eigenvalue weighted by Crippen LogP contribution is -2.42. The fourth-order valence-electron chi connectivity index (χ4n) is 3.14. The van der Waals surface area contributed by atoms with E-state index in [1.165, 1.54) is 38.8 Å². The van der Waals surface area contributed by atoms with Crippen LogP contribution in [0.5, 0.6) is 0 Å². The number of fused-ring (bicyclic) bond motifs is 1. The number of alkyl halides is 2. The Morgan fingerprint density at radius 2 is 1.73 bits per heavy atom. The first-order valence-electron chi connectivity index (χ1n) is 9.25. The maximum absolute atomic E-state index is 13.6. The molecule has 0 radical (unpaired) electrons. The number of carbonyl (C=O) groups excluding carboxylic acids is 2. The molecule has 1 unspecified atom stereocenters. The van der Waals surface area contributed by atoms with E-state index in [9.17, 15) is 18.4 Å². The first kappa shape index (κ1) is 20.7. The van der Waals surface area contributed by atoms with Gasteiger partial charge in [-0.2, -0.15) is 0 Å². The summed E-state index contributed by atoms with van der Waals surface area (Å²) in [6, 6.07) is 6.28. The van der Waals surface area contributed by atoms with Gasteiger partial charge in [-0.3, -0.25) is 9.59 Å². The van der Waals surface area contributed by atoms with Crippen molar-refractivity contribution in [1.29, 1.82) is 0 Å². The summed E-state index contributed by atoms with van der Waals surface area (Å²) >= 11 is 0. The van der Waals surface area contributed by atoms with Crippen LogP contribution < -0.4 is 5.32 Å². The van der Waals surface area contributed by atoms with Gasteiger partial charge in [-0.1, -0.05) is 18.2 Å². The molecule has 0 saturated carbocycles. The van der Waals surface area contributed by atoms with Gasteiger partial charge in [0.2, 0.25) is 0 Å². The molecule has 0 aliphatic heterocycles. The van der Waals surface area contributed by atoms with Crippen LogP contribution >= 0.6 is 0 Å². The summed E-state index contributed by atoms with van der Waals surface area (Å²) in [5, 5.41) is 3.17. The minimum absolute atomic E-state index is 0.0310. The van der Waals surface area contributed by atoms with E-state index in [4.69, 9.17) is 0 Å². The van der Waals surface area contributed by atoms with Crippen LogP contribution in [0.4, 0.5) is 8.78 Å². The number of ketones is 2. The van der Waals surface area contributed by atoms with Crippen LogP contribution in [-0.2, 0) is 28.9 Å². The number of carbonyl (C=O) groups is 2. The van der Waals surface area contributed by atoms with Crippen LogP contribution in [0, 0.1) is 0 Å². The van der Waals surface area contributed by atoms with Gasteiger partial charge >= 0.3 is 0 Å².